The molecule has 0 N–H and O–H groups in total. The maximum Gasteiger partial charge on any atom is 0.306 e. The molecule has 0 fully saturated rings. The van der Waals surface area contributed by atoms with E-state index in [0.717, 1.165) is 96.3 Å². The molecule has 410 valence electrons. The van der Waals surface area contributed by atoms with Crippen LogP contribution in [0.3, 0.4) is 0 Å². The van der Waals surface area contributed by atoms with Gasteiger partial charge in [-0.3, -0.25) is 14.4 Å². The van der Waals surface area contributed by atoms with Crippen LogP contribution in [0.1, 0.15) is 303 Å². The van der Waals surface area contributed by atoms with Gasteiger partial charge in [0.2, 0.25) is 0 Å². The third-order valence-electron chi connectivity index (χ3n) is 13.2. The molecule has 0 spiro atoms. The highest BCUT2D eigenvalue weighted by Crippen LogP contribution is 2.16. The molecule has 0 aromatic carbocycles. The fourth-order valence-corrected chi connectivity index (χ4v) is 8.64. The summed E-state index contributed by atoms with van der Waals surface area (Å²) in [4.78, 5) is 38.3. The Bertz CT molecular complexity index is 1320. The number of allylic oxidation sites excluding steroid dienone is 12. The molecule has 0 aliphatic rings. The number of carbonyl (C=O) groups excluding carboxylic acids is 3. The highest BCUT2D eigenvalue weighted by atomic mass is 16.6. The van der Waals surface area contributed by atoms with Gasteiger partial charge in [-0.25, -0.2) is 0 Å². The van der Waals surface area contributed by atoms with Crippen molar-refractivity contribution in [1.29, 1.82) is 0 Å². The van der Waals surface area contributed by atoms with Gasteiger partial charge in [-0.1, -0.05) is 267 Å². The summed E-state index contributed by atoms with van der Waals surface area (Å²) in [5.74, 6) is -0.909. The van der Waals surface area contributed by atoms with Gasteiger partial charge in [-0.2, -0.15) is 0 Å². The van der Waals surface area contributed by atoms with E-state index in [1.807, 2.05) is 0 Å². The number of hydrogen-bond donors (Lipinski definition) is 0. The minimum atomic E-state index is -0.791. The van der Waals surface area contributed by atoms with Crippen molar-refractivity contribution >= 4 is 17.9 Å². The first-order valence-electron chi connectivity index (χ1n) is 30.4. The zero-order chi connectivity index (χ0) is 51.4. The average molecular weight is 992 g/mol. The molecule has 6 heteroatoms. The summed E-state index contributed by atoms with van der Waals surface area (Å²) >= 11 is 0. The van der Waals surface area contributed by atoms with E-state index in [-0.39, 0.29) is 31.1 Å². The van der Waals surface area contributed by atoms with Crippen molar-refractivity contribution in [2.24, 2.45) is 0 Å². The van der Waals surface area contributed by atoms with Gasteiger partial charge in [-0.05, 0) is 89.9 Å². The molecule has 0 aliphatic heterocycles. The Hall–Kier alpha value is -3.15. The van der Waals surface area contributed by atoms with Gasteiger partial charge in [0.15, 0.2) is 6.10 Å². The lowest BCUT2D eigenvalue weighted by molar-refractivity contribution is -0.167. The molecular weight excluding hydrogens is 877 g/mol. The first-order valence-corrected chi connectivity index (χ1v) is 30.4. The van der Waals surface area contributed by atoms with E-state index in [2.05, 4.69) is 93.7 Å². The number of hydrogen-bond acceptors (Lipinski definition) is 6. The Morgan fingerprint density at radius 1 is 0.296 bits per heavy atom. The van der Waals surface area contributed by atoms with E-state index in [0.29, 0.717) is 19.3 Å². The third kappa shape index (κ3) is 57.6. The van der Waals surface area contributed by atoms with Crippen LogP contribution in [0, 0.1) is 0 Å². The van der Waals surface area contributed by atoms with Gasteiger partial charge < -0.3 is 14.2 Å². The Balaban J connectivity index is 4.42. The van der Waals surface area contributed by atoms with Crippen LogP contribution < -0.4 is 0 Å². The maximum absolute atomic E-state index is 12.9. The smallest absolute Gasteiger partial charge is 0.306 e. The van der Waals surface area contributed by atoms with E-state index < -0.39 is 6.10 Å². The number of carbonyl (C=O) groups is 3. The Morgan fingerprint density at radius 2 is 0.549 bits per heavy atom. The molecule has 0 aromatic heterocycles. The highest BCUT2D eigenvalue weighted by Gasteiger charge is 2.19. The largest absolute Gasteiger partial charge is 0.462 e. The summed E-state index contributed by atoms with van der Waals surface area (Å²) in [7, 11) is 0. The molecule has 0 bridgehead atoms. The van der Waals surface area contributed by atoms with Crippen LogP contribution >= 0.6 is 0 Å². The molecule has 0 unspecified atom stereocenters. The quantitative estimate of drug-likeness (QED) is 0.0261. The monoisotopic (exact) mass is 991 g/mol. The van der Waals surface area contributed by atoms with Crippen LogP contribution in [0.5, 0.6) is 0 Å². The second-order valence-electron chi connectivity index (χ2n) is 20.2. The van der Waals surface area contributed by atoms with Crippen molar-refractivity contribution in [2.75, 3.05) is 13.2 Å². The van der Waals surface area contributed by atoms with Crippen LogP contribution in [0.15, 0.2) is 72.9 Å². The van der Waals surface area contributed by atoms with Gasteiger partial charge in [-0.15, -0.1) is 0 Å². The average Bonchev–Trinajstić information content (AvgIpc) is 3.37. The molecule has 1 atom stereocenters. The molecule has 0 aliphatic carbocycles. The molecule has 0 rings (SSSR count). The summed E-state index contributed by atoms with van der Waals surface area (Å²) in [6.45, 7) is 6.53. The van der Waals surface area contributed by atoms with Crippen molar-refractivity contribution in [2.45, 2.75) is 309 Å². The summed E-state index contributed by atoms with van der Waals surface area (Å²) in [5.41, 5.74) is 0. The lowest BCUT2D eigenvalue weighted by Gasteiger charge is -2.18. The van der Waals surface area contributed by atoms with E-state index in [9.17, 15) is 14.4 Å². The number of unbranched alkanes of at least 4 members (excludes halogenated alkanes) is 32. The second-order valence-corrected chi connectivity index (χ2v) is 20.2. The molecule has 0 aromatic rings. The first kappa shape index (κ1) is 67.8. The summed E-state index contributed by atoms with van der Waals surface area (Å²) < 4.78 is 16.9. The zero-order valence-electron chi connectivity index (χ0n) is 47.0. The SMILES string of the molecule is CC/C=C\C/C=C\C/C=C\C/C=C\C/C=C\CCCCCC(=O)OC[C@@H](COC(=O)CCCCCCCCCCCCCCCCCCC)OC(=O)CCCCCCCCC/C=C\CCCCCCCC. The van der Waals surface area contributed by atoms with Crippen LogP contribution in [0.4, 0.5) is 0 Å². The van der Waals surface area contributed by atoms with Gasteiger partial charge >= 0.3 is 17.9 Å². The molecular formula is C65H114O6. The number of esters is 3. The predicted molar refractivity (Wildman–Crippen MR) is 307 cm³/mol. The molecule has 6 nitrogen and oxygen atoms in total. The molecule has 0 saturated heterocycles. The van der Waals surface area contributed by atoms with Crippen molar-refractivity contribution in [1.82, 2.24) is 0 Å². The predicted octanol–water partition coefficient (Wildman–Crippen LogP) is 20.5. The zero-order valence-corrected chi connectivity index (χ0v) is 47.0. The Morgan fingerprint density at radius 3 is 0.887 bits per heavy atom. The molecule has 0 saturated carbocycles. The normalized spacial score (nSPS) is 12.5. The minimum Gasteiger partial charge on any atom is -0.462 e. The fourth-order valence-electron chi connectivity index (χ4n) is 8.64. The molecule has 0 heterocycles. The lowest BCUT2D eigenvalue weighted by Crippen LogP contribution is -2.30. The van der Waals surface area contributed by atoms with Gasteiger partial charge in [0, 0.05) is 19.3 Å². The summed E-state index contributed by atoms with van der Waals surface area (Å²) in [6, 6.07) is 0. The number of ether oxygens (including phenoxy) is 3. The van der Waals surface area contributed by atoms with Crippen LogP contribution in [-0.2, 0) is 28.6 Å². The third-order valence-corrected chi connectivity index (χ3v) is 13.2. The van der Waals surface area contributed by atoms with Gasteiger partial charge in [0.25, 0.3) is 0 Å². The summed E-state index contributed by atoms with van der Waals surface area (Å²) in [6.07, 6.45) is 76.1. The Kier molecular flexibility index (Phi) is 56.8. The van der Waals surface area contributed by atoms with Gasteiger partial charge in [0.05, 0.1) is 0 Å². The van der Waals surface area contributed by atoms with E-state index in [1.54, 1.807) is 0 Å². The van der Waals surface area contributed by atoms with E-state index in [4.69, 9.17) is 14.2 Å². The first-order chi connectivity index (χ1) is 35.0. The fraction of sp³-hybridized carbons (Fsp3) is 0.769. The van der Waals surface area contributed by atoms with Crippen molar-refractivity contribution < 1.29 is 28.6 Å². The van der Waals surface area contributed by atoms with Crippen LogP contribution in [-0.4, -0.2) is 37.2 Å². The lowest BCUT2D eigenvalue weighted by atomic mass is 10.0. The van der Waals surface area contributed by atoms with Crippen molar-refractivity contribution in [3.63, 3.8) is 0 Å². The van der Waals surface area contributed by atoms with E-state index in [1.165, 1.54) is 167 Å². The van der Waals surface area contributed by atoms with Crippen LogP contribution in [0.2, 0.25) is 0 Å². The topological polar surface area (TPSA) is 78.9 Å². The minimum absolute atomic E-state index is 0.0850. The standard InChI is InChI=1S/C65H114O6/c1-4-7-10-13-16-19-22-25-28-31-32-35-37-40-43-46-49-52-55-58-64(67)70-61-62(71-65(68)59-56-53-50-47-44-41-38-34-30-27-24-21-18-15-12-9-6-3)60-69-63(66)57-54-51-48-45-42-39-36-33-29-26-23-20-17-14-11-8-5-2/h7,10,16,19,25,27-28,30,32,35,40,43,62H,4-6,8-9,11-15,17-18,20-24,26,29,31,33-34,36-39,41-42,44-61H2,1-3H3/b10-7-,19-16-,28-25-,30-27-,35-32-,43-40-/t62-/m1/s1. The van der Waals surface area contributed by atoms with Gasteiger partial charge in [0.1, 0.15) is 13.2 Å². The van der Waals surface area contributed by atoms with Crippen molar-refractivity contribution in [3.05, 3.63) is 72.9 Å². The molecule has 0 radical (unpaired) electrons. The molecule has 0 amide bonds. The summed E-state index contributed by atoms with van der Waals surface area (Å²) in [5, 5.41) is 0. The van der Waals surface area contributed by atoms with Crippen molar-refractivity contribution in [3.8, 4) is 0 Å². The Labute approximate surface area is 440 Å². The second kappa shape index (κ2) is 59.4. The highest BCUT2D eigenvalue weighted by molar-refractivity contribution is 5.71. The van der Waals surface area contributed by atoms with E-state index >= 15 is 0 Å². The number of rotatable bonds is 55. The maximum atomic E-state index is 12.9. The van der Waals surface area contributed by atoms with Crippen LogP contribution in [0.25, 0.3) is 0 Å². The molecule has 71 heavy (non-hydrogen) atoms.